The van der Waals surface area contributed by atoms with Gasteiger partial charge in [-0.1, -0.05) is 17.4 Å². The molecule has 1 N–H and O–H groups in total. The first kappa shape index (κ1) is 16.7. The molecule has 2 aliphatic rings. The quantitative estimate of drug-likeness (QED) is 0.911. The van der Waals surface area contributed by atoms with Crippen LogP contribution in [0.25, 0.3) is 10.2 Å². The Hall–Kier alpha value is -1.73. The number of rotatable bonds is 3. The maximum Gasteiger partial charge on any atom is 0.225 e. The zero-order valence-electron chi connectivity index (χ0n) is 14.0. The zero-order chi connectivity index (χ0) is 17.2. The predicted molar refractivity (Wildman–Crippen MR) is 96.5 cm³/mol. The summed E-state index contributed by atoms with van der Waals surface area (Å²) < 4.78 is 20.1. The van der Waals surface area contributed by atoms with Crippen molar-refractivity contribution < 1.29 is 13.9 Å². The smallest absolute Gasteiger partial charge is 0.225 e. The Balaban J connectivity index is 1.44. The Morgan fingerprint density at radius 3 is 2.96 bits per heavy atom. The summed E-state index contributed by atoms with van der Waals surface area (Å²) in [7, 11) is 0. The number of nitrogens with zero attached hydrogens (tertiary/aromatic N) is 2. The van der Waals surface area contributed by atoms with Crippen molar-refractivity contribution in [3.8, 4) is 0 Å². The van der Waals surface area contributed by atoms with E-state index in [1.165, 1.54) is 17.4 Å². The highest BCUT2D eigenvalue weighted by molar-refractivity contribution is 7.22. The van der Waals surface area contributed by atoms with Crippen LogP contribution < -0.4 is 10.2 Å². The average molecular weight is 363 g/mol. The summed E-state index contributed by atoms with van der Waals surface area (Å²) in [4.78, 5) is 19.2. The molecule has 134 valence electrons. The number of ether oxygens (including phenoxy) is 1. The fourth-order valence-corrected chi connectivity index (χ4v) is 4.58. The Morgan fingerprint density at radius 1 is 1.32 bits per heavy atom. The van der Waals surface area contributed by atoms with Crippen LogP contribution >= 0.6 is 11.3 Å². The highest BCUT2D eigenvalue weighted by atomic mass is 32.1. The van der Waals surface area contributed by atoms with Gasteiger partial charge in [0.15, 0.2) is 5.13 Å². The van der Waals surface area contributed by atoms with Gasteiger partial charge in [0.2, 0.25) is 5.91 Å². The number of amides is 1. The number of nitrogens with one attached hydrogen (secondary N) is 1. The van der Waals surface area contributed by atoms with Gasteiger partial charge in [0, 0.05) is 32.3 Å². The lowest BCUT2D eigenvalue weighted by Gasteiger charge is -2.33. The fraction of sp³-hybridized carbons (Fsp3) is 0.556. The second kappa shape index (κ2) is 7.25. The summed E-state index contributed by atoms with van der Waals surface area (Å²) in [6, 6.07) is 5.26. The number of thiazole rings is 1. The molecule has 1 unspecified atom stereocenters. The molecule has 4 rings (SSSR count). The lowest BCUT2D eigenvalue weighted by molar-refractivity contribution is -0.126. The topological polar surface area (TPSA) is 54.5 Å². The van der Waals surface area contributed by atoms with Gasteiger partial charge in [-0.15, -0.1) is 0 Å². The molecule has 0 bridgehead atoms. The summed E-state index contributed by atoms with van der Waals surface area (Å²) in [5.74, 6) is -0.192. The molecule has 0 spiro atoms. The average Bonchev–Trinajstić information content (AvgIpc) is 3.08. The second-order valence-corrected chi connectivity index (χ2v) is 7.77. The SMILES string of the molecule is O=C(NC1CCOCC1)C1CCCN(c2nc3c(F)cccc3s2)C1. The largest absolute Gasteiger partial charge is 0.381 e. The summed E-state index contributed by atoms with van der Waals surface area (Å²) in [5, 5.41) is 3.98. The summed E-state index contributed by atoms with van der Waals surface area (Å²) in [6.45, 7) is 2.96. The van der Waals surface area contributed by atoms with E-state index in [1.54, 1.807) is 6.07 Å². The van der Waals surface area contributed by atoms with Crippen LogP contribution in [0.4, 0.5) is 9.52 Å². The van der Waals surface area contributed by atoms with Crippen LogP contribution in [0.15, 0.2) is 18.2 Å². The Bertz CT molecular complexity index is 760. The molecule has 0 saturated carbocycles. The standard InChI is InChI=1S/C18H22FN3O2S/c19-14-4-1-5-15-16(14)21-18(25-15)22-8-2-3-12(11-22)17(23)20-13-6-9-24-10-7-13/h1,4-5,12-13H,2-3,6-11H2,(H,20,23). The van der Waals surface area contributed by atoms with Crippen molar-refractivity contribution in [2.45, 2.75) is 31.7 Å². The van der Waals surface area contributed by atoms with Crippen molar-refractivity contribution in [2.75, 3.05) is 31.2 Å². The van der Waals surface area contributed by atoms with E-state index >= 15 is 0 Å². The van der Waals surface area contributed by atoms with Crippen molar-refractivity contribution in [1.29, 1.82) is 0 Å². The third kappa shape index (κ3) is 3.62. The summed E-state index contributed by atoms with van der Waals surface area (Å²) in [6.07, 6.45) is 3.62. The third-order valence-corrected chi connectivity index (χ3v) is 6.07. The number of para-hydroxylation sites is 1. The molecule has 25 heavy (non-hydrogen) atoms. The van der Waals surface area contributed by atoms with Crippen molar-refractivity contribution in [3.05, 3.63) is 24.0 Å². The minimum absolute atomic E-state index is 0.0338. The van der Waals surface area contributed by atoms with E-state index in [0.717, 1.165) is 55.3 Å². The van der Waals surface area contributed by atoms with E-state index in [-0.39, 0.29) is 23.7 Å². The van der Waals surface area contributed by atoms with E-state index < -0.39 is 0 Å². The third-order valence-electron chi connectivity index (χ3n) is 4.99. The number of benzene rings is 1. The highest BCUT2D eigenvalue weighted by Gasteiger charge is 2.29. The van der Waals surface area contributed by atoms with Crippen LogP contribution in [-0.4, -0.2) is 43.2 Å². The Labute approximate surface area is 150 Å². The van der Waals surface area contributed by atoms with E-state index in [9.17, 15) is 9.18 Å². The van der Waals surface area contributed by atoms with Gasteiger partial charge in [-0.05, 0) is 37.8 Å². The number of carbonyl (C=O) groups is 1. The number of anilines is 1. The summed E-state index contributed by atoms with van der Waals surface area (Å²) in [5.41, 5.74) is 0.427. The molecule has 2 aromatic rings. The van der Waals surface area contributed by atoms with Gasteiger partial charge in [0.1, 0.15) is 11.3 Å². The van der Waals surface area contributed by atoms with Crippen LogP contribution in [0, 0.1) is 11.7 Å². The number of fused-ring (bicyclic) bond motifs is 1. The van der Waals surface area contributed by atoms with E-state index in [2.05, 4.69) is 15.2 Å². The predicted octanol–water partition coefficient (Wildman–Crippen LogP) is 2.95. The molecule has 2 fully saturated rings. The monoisotopic (exact) mass is 363 g/mol. The molecule has 1 atom stereocenters. The lowest BCUT2D eigenvalue weighted by Crippen LogP contribution is -2.47. The number of aromatic nitrogens is 1. The van der Waals surface area contributed by atoms with Crippen LogP contribution in [0.2, 0.25) is 0 Å². The molecular weight excluding hydrogens is 341 g/mol. The molecule has 0 aliphatic carbocycles. The van der Waals surface area contributed by atoms with Crippen LogP contribution in [-0.2, 0) is 9.53 Å². The maximum absolute atomic E-state index is 13.9. The van der Waals surface area contributed by atoms with Gasteiger partial charge in [-0.3, -0.25) is 4.79 Å². The van der Waals surface area contributed by atoms with Crippen LogP contribution in [0.3, 0.4) is 0 Å². The molecule has 0 radical (unpaired) electrons. The lowest BCUT2D eigenvalue weighted by atomic mass is 9.96. The molecule has 1 aromatic carbocycles. The minimum atomic E-state index is -0.286. The number of carbonyl (C=O) groups excluding carboxylic acids is 1. The number of hydrogen-bond donors (Lipinski definition) is 1. The van der Waals surface area contributed by atoms with E-state index in [0.29, 0.717) is 12.1 Å². The van der Waals surface area contributed by atoms with Gasteiger partial charge < -0.3 is 15.0 Å². The maximum atomic E-state index is 13.9. The van der Waals surface area contributed by atoms with Crippen molar-refractivity contribution in [3.63, 3.8) is 0 Å². The van der Waals surface area contributed by atoms with Crippen molar-refractivity contribution in [2.24, 2.45) is 5.92 Å². The van der Waals surface area contributed by atoms with Gasteiger partial charge in [0.25, 0.3) is 0 Å². The molecule has 2 aliphatic heterocycles. The molecule has 7 heteroatoms. The van der Waals surface area contributed by atoms with E-state index in [4.69, 9.17) is 4.74 Å². The Morgan fingerprint density at radius 2 is 2.16 bits per heavy atom. The highest BCUT2D eigenvalue weighted by Crippen LogP contribution is 2.32. The van der Waals surface area contributed by atoms with Gasteiger partial charge in [-0.2, -0.15) is 0 Å². The number of piperidine rings is 1. The normalized spacial score (nSPS) is 22.3. The second-order valence-electron chi connectivity index (χ2n) is 6.76. The molecular formula is C18H22FN3O2S. The first-order valence-corrected chi connectivity index (χ1v) is 9.70. The Kier molecular flexibility index (Phi) is 4.85. The first-order valence-electron chi connectivity index (χ1n) is 8.89. The van der Waals surface area contributed by atoms with Gasteiger partial charge >= 0.3 is 0 Å². The molecule has 1 aromatic heterocycles. The van der Waals surface area contributed by atoms with E-state index in [1.807, 2.05) is 6.07 Å². The molecule has 3 heterocycles. The minimum Gasteiger partial charge on any atom is -0.381 e. The van der Waals surface area contributed by atoms with Gasteiger partial charge in [0.05, 0.1) is 10.6 Å². The molecule has 1 amide bonds. The fourth-order valence-electron chi connectivity index (χ4n) is 3.56. The zero-order valence-corrected chi connectivity index (χ0v) is 14.9. The number of halogens is 1. The van der Waals surface area contributed by atoms with Crippen LogP contribution in [0.1, 0.15) is 25.7 Å². The van der Waals surface area contributed by atoms with Gasteiger partial charge in [-0.25, -0.2) is 9.37 Å². The first-order chi connectivity index (χ1) is 12.2. The van der Waals surface area contributed by atoms with Crippen LogP contribution in [0.5, 0.6) is 0 Å². The molecule has 5 nitrogen and oxygen atoms in total. The molecule has 2 saturated heterocycles. The van der Waals surface area contributed by atoms with Crippen molar-refractivity contribution >= 4 is 32.6 Å². The summed E-state index contributed by atoms with van der Waals surface area (Å²) >= 11 is 1.49. The van der Waals surface area contributed by atoms with Crippen molar-refractivity contribution in [1.82, 2.24) is 10.3 Å². The number of hydrogen-bond acceptors (Lipinski definition) is 5.